The molecule has 8 nitrogen and oxygen atoms in total. The molecule has 0 bridgehead atoms. The van der Waals surface area contributed by atoms with Crippen LogP contribution in [0, 0.1) is 0 Å². The van der Waals surface area contributed by atoms with Gasteiger partial charge in [-0.2, -0.15) is 4.68 Å². The van der Waals surface area contributed by atoms with Crippen LogP contribution in [0.3, 0.4) is 0 Å². The summed E-state index contributed by atoms with van der Waals surface area (Å²) >= 11 is 0. The largest absolute Gasteiger partial charge is 0.467 e. The zero-order valence-electron chi connectivity index (χ0n) is 11.6. The Balaban J connectivity index is 1.56. The summed E-state index contributed by atoms with van der Waals surface area (Å²) in [5.74, 6) is 0.917. The Bertz CT molecular complexity index is 723. The van der Waals surface area contributed by atoms with Crippen LogP contribution in [0.15, 0.2) is 53.1 Å². The molecule has 2 heterocycles. The van der Waals surface area contributed by atoms with Crippen LogP contribution in [0.2, 0.25) is 0 Å². The Labute approximate surface area is 126 Å². The predicted molar refractivity (Wildman–Crippen MR) is 78.2 cm³/mol. The van der Waals surface area contributed by atoms with E-state index in [9.17, 15) is 4.79 Å². The number of anilines is 1. The number of hydrogen-bond acceptors (Lipinski definition) is 6. The Hall–Kier alpha value is -3.16. The minimum absolute atomic E-state index is 0.0634. The second-order valence-corrected chi connectivity index (χ2v) is 4.46. The fraction of sp³-hybridized carbons (Fsp3) is 0.143. The smallest absolute Gasteiger partial charge is 0.248 e. The number of carbonyl (C=O) groups is 1. The summed E-state index contributed by atoms with van der Waals surface area (Å²) in [6.07, 6.45) is 1.56. The summed E-state index contributed by atoms with van der Waals surface area (Å²) in [5.41, 5.74) is 0.811. The molecule has 0 aliphatic rings. The maximum Gasteiger partial charge on any atom is 0.248 e. The van der Waals surface area contributed by atoms with E-state index in [1.54, 1.807) is 18.4 Å². The van der Waals surface area contributed by atoms with Gasteiger partial charge < -0.3 is 15.1 Å². The van der Waals surface area contributed by atoms with Gasteiger partial charge in [0.15, 0.2) is 0 Å². The molecule has 0 atom stereocenters. The van der Waals surface area contributed by atoms with Crippen molar-refractivity contribution in [1.29, 1.82) is 0 Å². The number of amides is 1. The number of carbonyl (C=O) groups excluding carboxylic acids is 1. The van der Waals surface area contributed by atoms with Gasteiger partial charge in [0.05, 0.1) is 25.0 Å². The van der Waals surface area contributed by atoms with Crippen LogP contribution in [-0.2, 0) is 11.3 Å². The number of furan rings is 1. The van der Waals surface area contributed by atoms with E-state index in [1.165, 1.54) is 4.68 Å². The highest BCUT2D eigenvalue weighted by atomic mass is 16.3. The zero-order valence-corrected chi connectivity index (χ0v) is 11.6. The first-order valence-electron chi connectivity index (χ1n) is 6.70. The SMILES string of the molecule is O=C(CNc1nnnn1-c1ccccc1)NCc1ccco1. The summed E-state index contributed by atoms with van der Waals surface area (Å²) in [4.78, 5) is 11.8. The van der Waals surface area contributed by atoms with Crippen LogP contribution in [0.25, 0.3) is 5.69 Å². The topological polar surface area (TPSA) is 97.9 Å². The molecule has 1 aromatic carbocycles. The molecule has 0 fully saturated rings. The third-order valence-corrected chi connectivity index (χ3v) is 2.92. The quantitative estimate of drug-likeness (QED) is 0.704. The molecule has 2 aromatic heterocycles. The number of para-hydroxylation sites is 1. The number of benzene rings is 1. The normalized spacial score (nSPS) is 10.4. The van der Waals surface area contributed by atoms with E-state index in [0.29, 0.717) is 18.3 Å². The molecule has 0 saturated carbocycles. The molecule has 8 heteroatoms. The average Bonchev–Trinajstić information content (AvgIpc) is 3.23. The second kappa shape index (κ2) is 6.53. The lowest BCUT2D eigenvalue weighted by atomic mass is 10.3. The molecule has 0 spiro atoms. The number of nitrogens with one attached hydrogen (secondary N) is 2. The fourth-order valence-electron chi connectivity index (χ4n) is 1.86. The van der Waals surface area contributed by atoms with Gasteiger partial charge in [0.2, 0.25) is 11.9 Å². The van der Waals surface area contributed by atoms with Gasteiger partial charge in [-0.3, -0.25) is 4.79 Å². The van der Waals surface area contributed by atoms with Crippen LogP contribution >= 0.6 is 0 Å². The zero-order chi connectivity index (χ0) is 15.2. The average molecular weight is 298 g/mol. The Morgan fingerprint density at radius 2 is 2.05 bits per heavy atom. The highest BCUT2D eigenvalue weighted by molar-refractivity contribution is 5.80. The number of hydrogen-bond donors (Lipinski definition) is 2. The van der Waals surface area contributed by atoms with Gasteiger partial charge >= 0.3 is 0 Å². The van der Waals surface area contributed by atoms with Crippen LogP contribution in [-0.4, -0.2) is 32.7 Å². The highest BCUT2D eigenvalue weighted by Crippen LogP contribution is 2.09. The van der Waals surface area contributed by atoms with Gasteiger partial charge in [0.1, 0.15) is 5.76 Å². The van der Waals surface area contributed by atoms with Crippen molar-refractivity contribution in [3.05, 3.63) is 54.5 Å². The first-order chi connectivity index (χ1) is 10.8. The van der Waals surface area contributed by atoms with E-state index in [0.717, 1.165) is 5.69 Å². The Morgan fingerprint density at radius 3 is 2.82 bits per heavy atom. The van der Waals surface area contributed by atoms with Crippen molar-refractivity contribution in [2.24, 2.45) is 0 Å². The third kappa shape index (κ3) is 3.29. The monoisotopic (exact) mass is 298 g/mol. The van der Waals surface area contributed by atoms with E-state index in [4.69, 9.17) is 4.42 Å². The summed E-state index contributed by atoms with van der Waals surface area (Å²) in [6, 6.07) is 13.0. The molecule has 0 aliphatic heterocycles. The van der Waals surface area contributed by atoms with Gasteiger partial charge in [-0.1, -0.05) is 23.3 Å². The molecule has 0 saturated heterocycles. The lowest BCUT2D eigenvalue weighted by Gasteiger charge is -2.07. The van der Waals surface area contributed by atoms with Gasteiger partial charge in [-0.05, 0) is 34.7 Å². The molecule has 3 aromatic rings. The van der Waals surface area contributed by atoms with Gasteiger partial charge in [-0.15, -0.1) is 0 Å². The van der Waals surface area contributed by atoms with Crippen LogP contribution in [0.4, 0.5) is 5.95 Å². The first-order valence-corrected chi connectivity index (χ1v) is 6.70. The highest BCUT2D eigenvalue weighted by Gasteiger charge is 2.09. The van der Waals surface area contributed by atoms with Crippen molar-refractivity contribution in [1.82, 2.24) is 25.5 Å². The molecule has 112 valence electrons. The number of rotatable bonds is 6. The summed E-state index contributed by atoms with van der Waals surface area (Å²) in [7, 11) is 0. The molecule has 3 rings (SSSR count). The number of nitrogens with zero attached hydrogens (tertiary/aromatic N) is 4. The molecule has 1 amide bonds. The molecule has 0 radical (unpaired) electrons. The van der Waals surface area contributed by atoms with Crippen molar-refractivity contribution < 1.29 is 9.21 Å². The van der Waals surface area contributed by atoms with Crippen LogP contribution < -0.4 is 10.6 Å². The molecule has 2 N–H and O–H groups in total. The maximum absolute atomic E-state index is 11.8. The molecule has 22 heavy (non-hydrogen) atoms. The Kier molecular flexibility index (Phi) is 4.10. The van der Waals surface area contributed by atoms with E-state index < -0.39 is 0 Å². The number of aromatic nitrogens is 4. The van der Waals surface area contributed by atoms with E-state index in [1.807, 2.05) is 30.3 Å². The predicted octanol–water partition coefficient (Wildman–Crippen LogP) is 0.984. The number of tetrazole rings is 1. The van der Waals surface area contributed by atoms with Crippen molar-refractivity contribution in [2.45, 2.75) is 6.54 Å². The Morgan fingerprint density at radius 1 is 1.18 bits per heavy atom. The minimum atomic E-state index is -0.181. The van der Waals surface area contributed by atoms with Crippen molar-refractivity contribution >= 4 is 11.9 Å². The lowest BCUT2D eigenvalue weighted by molar-refractivity contribution is -0.119. The van der Waals surface area contributed by atoms with Crippen LogP contribution in [0.5, 0.6) is 0 Å². The van der Waals surface area contributed by atoms with Gasteiger partial charge in [0.25, 0.3) is 0 Å². The van der Waals surface area contributed by atoms with Crippen LogP contribution in [0.1, 0.15) is 5.76 Å². The third-order valence-electron chi connectivity index (χ3n) is 2.92. The second-order valence-electron chi connectivity index (χ2n) is 4.46. The molecular weight excluding hydrogens is 284 g/mol. The summed E-state index contributed by atoms with van der Waals surface area (Å²) < 4.78 is 6.67. The minimum Gasteiger partial charge on any atom is -0.467 e. The maximum atomic E-state index is 11.8. The van der Waals surface area contributed by atoms with E-state index in [-0.39, 0.29) is 12.5 Å². The molecule has 0 unspecified atom stereocenters. The summed E-state index contributed by atoms with van der Waals surface area (Å²) in [6.45, 7) is 0.408. The van der Waals surface area contributed by atoms with Crippen molar-refractivity contribution in [3.63, 3.8) is 0 Å². The van der Waals surface area contributed by atoms with E-state index >= 15 is 0 Å². The van der Waals surface area contributed by atoms with Crippen molar-refractivity contribution in [2.75, 3.05) is 11.9 Å². The summed E-state index contributed by atoms with van der Waals surface area (Å²) in [5, 5.41) is 17.0. The van der Waals surface area contributed by atoms with Gasteiger partial charge in [0, 0.05) is 0 Å². The standard InChI is InChI=1S/C14H14N6O2/c21-13(15-9-12-7-4-8-22-12)10-16-14-17-18-19-20(14)11-5-2-1-3-6-11/h1-8H,9-10H2,(H,15,21)(H,16,17,19). The molecular formula is C14H14N6O2. The fourth-order valence-corrected chi connectivity index (χ4v) is 1.86. The van der Waals surface area contributed by atoms with Crippen molar-refractivity contribution in [3.8, 4) is 5.69 Å². The molecule has 0 aliphatic carbocycles. The first kappa shape index (κ1) is 13.8. The lowest BCUT2D eigenvalue weighted by Crippen LogP contribution is -2.29. The van der Waals surface area contributed by atoms with E-state index in [2.05, 4.69) is 26.2 Å². The van der Waals surface area contributed by atoms with Gasteiger partial charge in [-0.25, -0.2) is 0 Å².